The highest BCUT2D eigenvalue weighted by Gasteiger charge is 2.20. The van der Waals surface area contributed by atoms with Crippen molar-refractivity contribution in [2.24, 2.45) is 0 Å². The number of carboxylic acid groups (broad SMARTS) is 1. The number of hydrogen-bond acceptors (Lipinski definition) is 3. The lowest BCUT2D eigenvalue weighted by Crippen LogP contribution is -2.22. The summed E-state index contributed by atoms with van der Waals surface area (Å²) in [5.41, 5.74) is 8.67. The van der Waals surface area contributed by atoms with Crippen molar-refractivity contribution in [3.05, 3.63) is 88.5 Å². The molecule has 4 heteroatoms. The fourth-order valence-electron chi connectivity index (χ4n) is 4.28. The van der Waals surface area contributed by atoms with Gasteiger partial charge in [0.05, 0.1) is 6.54 Å². The van der Waals surface area contributed by atoms with E-state index >= 15 is 0 Å². The molecular weight excluding hydrogens is 374 g/mol. The summed E-state index contributed by atoms with van der Waals surface area (Å²) in [6.45, 7) is 3.25. The van der Waals surface area contributed by atoms with Crippen LogP contribution in [0.15, 0.2) is 60.7 Å². The zero-order chi connectivity index (χ0) is 20.9. The minimum Gasteiger partial charge on any atom is -0.489 e. The Hall–Kier alpha value is -3.11. The van der Waals surface area contributed by atoms with Gasteiger partial charge in [-0.1, -0.05) is 54.6 Å². The molecule has 0 saturated carbocycles. The second-order valence-corrected chi connectivity index (χ2v) is 7.78. The average molecular weight is 402 g/mol. The molecule has 0 radical (unpaired) electrons. The average Bonchev–Trinajstić information content (AvgIpc) is 3.25. The van der Waals surface area contributed by atoms with Gasteiger partial charge >= 0.3 is 5.97 Å². The standard InChI is InChI=1S/C26H27NO3/c1-18-21(9-5-10-22(18)19-7-3-2-4-8-19)17-30-25-14-13-20(15-27-16-26(28)29)23-11-6-12-24(23)25/h2-5,7-10,13-14,27H,6,11-12,15-17H2,1H3,(H,28,29). The lowest BCUT2D eigenvalue weighted by atomic mass is 9.97. The molecule has 0 spiro atoms. The van der Waals surface area contributed by atoms with Gasteiger partial charge in [-0.15, -0.1) is 0 Å². The molecule has 0 atom stereocenters. The zero-order valence-corrected chi connectivity index (χ0v) is 17.3. The van der Waals surface area contributed by atoms with Gasteiger partial charge < -0.3 is 15.2 Å². The number of carboxylic acids is 1. The molecule has 0 heterocycles. The van der Waals surface area contributed by atoms with E-state index in [1.807, 2.05) is 12.1 Å². The molecule has 0 saturated heterocycles. The van der Waals surface area contributed by atoms with Gasteiger partial charge in [-0.25, -0.2) is 0 Å². The first kappa shape index (κ1) is 20.2. The molecule has 154 valence electrons. The van der Waals surface area contributed by atoms with Crippen LogP contribution >= 0.6 is 0 Å². The van der Waals surface area contributed by atoms with Crippen molar-refractivity contribution in [3.8, 4) is 16.9 Å². The molecule has 0 fully saturated rings. The smallest absolute Gasteiger partial charge is 0.317 e. The first-order valence-corrected chi connectivity index (χ1v) is 10.5. The van der Waals surface area contributed by atoms with Crippen LogP contribution in [0.5, 0.6) is 5.75 Å². The SMILES string of the molecule is Cc1c(COc2ccc(CNCC(=O)O)c3c2CCC3)cccc1-c1ccccc1. The van der Waals surface area contributed by atoms with Crippen molar-refractivity contribution in [1.29, 1.82) is 0 Å². The highest BCUT2D eigenvalue weighted by molar-refractivity contribution is 5.69. The van der Waals surface area contributed by atoms with Gasteiger partial charge in [0, 0.05) is 6.54 Å². The van der Waals surface area contributed by atoms with E-state index in [1.54, 1.807) is 0 Å². The Balaban J connectivity index is 1.51. The van der Waals surface area contributed by atoms with E-state index in [-0.39, 0.29) is 6.54 Å². The van der Waals surface area contributed by atoms with Crippen molar-refractivity contribution >= 4 is 5.97 Å². The minimum absolute atomic E-state index is 0.0238. The largest absolute Gasteiger partial charge is 0.489 e. The monoisotopic (exact) mass is 401 g/mol. The number of hydrogen-bond donors (Lipinski definition) is 2. The summed E-state index contributed by atoms with van der Waals surface area (Å²) in [5, 5.41) is 11.8. The van der Waals surface area contributed by atoms with Crippen LogP contribution in [0.25, 0.3) is 11.1 Å². The quantitative estimate of drug-likeness (QED) is 0.563. The third-order valence-electron chi connectivity index (χ3n) is 5.84. The Labute approximate surface area is 177 Å². The van der Waals surface area contributed by atoms with Gasteiger partial charge in [0.2, 0.25) is 0 Å². The van der Waals surface area contributed by atoms with Crippen LogP contribution in [0.2, 0.25) is 0 Å². The lowest BCUT2D eigenvalue weighted by Gasteiger charge is -2.16. The molecule has 0 amide bonds. The molecule has 0 aromatic heterocycles. The Morgan fingerprint density at radius 1 is 0.967 bits per heavy atom. The number of benzene rings is 3. The summed E-state index contributed by atoms with van der Waals surface area (Å²) in [4.78, 5) is 10.8. The molecule has 30 heavy (non-hydrogen) atoms. The van der Waals surface area contributed by atoms with E-state index in [1.165, 1.54) is 38.9 Å². The van der Waals surface area contributed by atoms with Gasteiger partial charge in [0.1, 0.15) is 12.4 Å². The molecule has 1 aliphatic rings. The second-order valence-electron chi connectivity index (χ2n) is 7.78. The van der Waals surface area contributed by atoms with Crippen LogP contribution in [0.4, 0.5) is 0 Å². The van der Waals surface area contributed by atoms with E-state index in [9.17, 15) is 4.79 Å². The topological polar surface area (TPSA) is 58.6 Å². The zero-order valence-electron chi connectivity index (χ0n) is 17.3. The minimum atomic E-state index is -0.834. The summed E-state index contributed by atoms with van der Waals surface area (Å²) < 4.78 is 6.29. The number of ether oxygens (including phenoxy) is 1. The molecule has 0 bridgehead atoms. The number of aliphatic carboxylic acids is 1. The maximum Gasteiger partial charge on any atom is 0.317 e. The summed E-state index contributed by atoms with van der Waals surface area (Å²) in [5.74, 6) is 0.119. The molecule has 3 aromatic rings. The van der Waals surface area contributed by atoms with Gasteiger partial charge in [-0.2, -0.15) is 0 Å². The fraction of sp³-hybridized carbons (Fsp3) is 0.269. The summed E-state index contributed by atoms with van der Waals surface area (Å²) >= 11 is 0. The van der Waals surface area contributed by atoms with Gasteiger partial charge in [0.15, 0.2) is 0 Å². The Kier molecular flexibility index (Phi) is 6.15. The fourth-order valence-corrected chi connectivity index (χ4v) is 4.28. The molecule has 3 aromatic carbocycles. The van der Waals surface area contributed by atoms with E-state index in [0.29, 0.717) is 13.2 Å². The molecule has 4 rings (SSSR count). The highest BCUT2D eigenvalue weighted by Crippen LogP contribution is 2.34. The van der Waals surface area contributed by atoms with Crippen molar-refractivity contribution < 1.29 is 14.6 Å². The first-order valence-electron chi connectivity index (χ1n) is 10.5. The molecular formula is C26H27NO3. The van der Waals surface area contributed by atoms with Crippen LogP contribution in [0, 0.1) is 6.92 Å². The maximum absolute atomic E-state index is 10.8. The number of nitrogens with one attached hydrogen (secondary N) is 1. The Bertz CT molecular complexity index is 1040. The van der Waals surface area contributed by atoms with E-state index in [4.69, 9.17) is 9.84 Å². The molecule has 4 nitrogen and oxygen atoms in total. The second kappa shape index (κ2) is 9.14. The van der Waals surface area contributed by atoms with Gasteiger partial charge in [-0.3, -0.25) is 4.79 Å². The van der Waals surface area contributed by atoms with Crippen molar-refractivity contribution in [1.82, 2.24) is 5.32 Å². The predicted molar refractivity (Wildman–Crippen MR) is 119 cm³/mol. The Morgan fingerprint density at radius 2 is 1.77 bits per heavy atom. The van der Waals surface area contributed by atoms with Crippen LogP contribution in [-0.2, 0) is 30.8 Å². The molecule has 0 unspecified atom stereocenters. The molecule has 1 aliphatic carbocycles. The third-order valence-corrected chi connectivity index (χ3v) is 5.84. The van der Waals surface area contributed by atoms with Crippen LogP contribution in [0.1, 0.15) is 34.2 Å². The molecule has 0 aliphatic heterocycles. The predicted octanol–water partition coefficient (Wildman–Crippen LogP) is 4.90. The number of fused-ring (bicyclic) bond motifs is 1. The summed E-state index contributed by atoms with van der Waals surface area (Å²) in [6.07, 6.45) is 3.16. The van der Waals surface area contributed by atoms with E-state index in [2.05, 4.69) is 60.8 Å². The third kappa shape index (κ3) is 4.39. The van der Waals surface area contributed by atoms with Crippen molar-refractivity contribution in [3.63, 3.8) is 0 Å². The summed E-state index contributed by atoms with van der Waals surface area (Å²) in [7, 11) is 0. The maximum atomic E-state index is 10.8. The lowest BCUT2D eigenvalue weighted by molar-refractivity contribution is -0.136. The number of rotatable bonds is 8. The normalized spacial score (nSPS) is 12.6. The first-order chi connectivity index (χ1) is 14.6. The highest BCUT2D eigenvalue weighted by atomic mass is 16.5. The summed E-state index contributed by atoms with van der Waals surface area (Å²) in [6, 6.07) is 20.9. The van der Waals surface area contributed by atoms with Gasteiger partial charge in [0.25, 0.3) is 0 Å². The Morgan fingerprint density at radius 3 is 2.57 bits per heavy atom. The molecule has 2 N–H and O–H groups in total. The van der Waals surface area contributed by atoms with Gasteiger partial charge in [-0.05, 0) is 71.2 Å². The van der Waals surface area contributed by atoms with Crippen LogP contribution < -0.4 is 10.1 Å². The van der Waals surface area contributed by atoms with Crippen molar-refractivity contribution in [2.45, 2.75) is 39.3 Å². The van der Waals surface area contributed by atoms with Crippen LogP contribution in [-0.4, -0.2) is 17.6 Å². The van der Waals surface area contributed by atoms with E-state index in [0.717, 1.165) is 25.0 Å². The van der Waals surface area contributed by atoms with Crippen molar-refractivity contribution in [2.75, 3.05) is 6.54 Å². The van der Waals surface area contributed by atoms with Crippen LogP contribution in [0.3, 0.4) is 0 Å². The number of carbonyl (C=O) groups is 1. The van der Waals surface area contributed by atoms with E-state index < -0.39 is 5.97 Å².